The van der Waals surface area contributed by atoms with Crippen LogP contribution in [0.25, 0.3) is 0 Å². The number of thioether (sulfide) groups is 1. The second kappa shape index (κ2) is 7.29. The van der Waals surface area contributed by atoms with Crippen LogP contribution < -0.4 is 5.32 Å². The Morgan fingerprint density at radius 2 is 2.29 bits per heavy atom. The molecule has 0 aromatic carbocycles. The lowest BCUT2D eigenvalue weighted by atomic mass is 10.2. The van der Waals surface area contributed by atoms with Crippen LogP contribution in [0.3, 0.4) is 0 Å². The molecule has 0 aliphatic carbocycles. The van der Waals surface area contributed by atoms with E-state index in [9.17, 15) is 4.79 Å². The van der Waals surface area contributed by atoms with Gasteiger partial charge in [-0.3, -0.25) is 4.79 Å². The molecule has 1 heterocycles. The van der Waals surface area contributed by atoms with E-state index in [0.29, 0.717) is 6.42 Å². The van der Waals surface area contributed by atoms with E-state index in [1.807, 2.05) is 32.0 Å². The minimum absolute atomic E-state index is 0.177. The average molecular weight is 254 g/mol. The first-order valence-electron chi connectivity index (χ1n) is 5.62. The van der Waals surface area contributed by atoms with Crippen molar-refractivity contribution in [3.05, 3.63) is 24.4 Å². The molecule has 0 radical (unpaired) electrons. The Labute approximate surface area is 106 Å². The maximum absolute atomic E-state index is 11.0. The summed E-state index contributed by atoms with van der Waals surface area (Å²) < 4.78 is 0. The number of carbonyl (C=O) groups is 1. The molecule has 1 aromatic rings. The third kappa shape index (κ3) is 5.70. The summed E-state index contributed by atoms with van der Waals surface area (Å²) in [6, 6.07) is 5.42. The Bertz CT molecular complexity index is 344. The second-order valence-corrected chi connectivity index (χ2v) is 5.13. The Hall–Kier alpha value is -1.07. The van der Waals surface area contributed by atoms with Crippen molar-refractivity contribution in [2.24, 2.45) is 0 Å². The number of nitrogens with zero attached hydrogens (tertiary/aromatic N) is 1. The Kier molecular flexibility index (Phi) is 6.00. The zero-order valence-electron chi connectivity index (χ0n) is 10.1. The van der Waals surface area contributed by atoms with Gasteiger partial charge in [-0.15, -0.1) is 11.8 Å². The predicted octanol–water partition coefficient (Wildman–Crippen LogP) is 2.01. The van der Waals surface area contributed by atoms with Crippen molar-refractivity contribution in [1.82, 2.24) is 10.3 Å². The smallest absolute Gasteiger partial charge is 0.320 e. The molecule has 1 unspecified atom stereocenters. The molecule has 0 spiro atoms. The third-order valence-electron chi connectivity index (χ3n) is 2.13. The number of aliphatic carboxylic acids is 1. The summed E-state index contributed by atoms with van der Waals surface area (Å²) in [5.74, 6) is -0.0476. The van der Waals surface area contributed by atoms with Crippen molar-refractivity contribution in [2.45, 2.75) is 37.4 Å². The predicted molar refractivity (Wildman–Crippen MR) is 69.3 cm³/mol. The summed E-state index contributed by atoms with van der Waals surface area (Å²) in [4.78, 5) is 15.2. The van der Waals surface area contributed by atoms with Gasteiger partial charge >= 0.3 is 5.97 Å². The molecule has 1 rings (SSSR count). The van der Waals surface area contributed by atoms with E-state index in [0.717, 1.165) is 10.8 Å². The van der Waals surface area contributed by atoms with Gasteiger partial charge < -0.3 is 10.4 Å². The van der Waals surface area contributed by atoms with Crippen LogP contribution in [0.4, 0.5) is 0 Å². The summed E-state index contributed by atoms with van der Waals surface area (Å²) in [6.45, 7) is 3.89. The van der Waals surface area contributed by atoms with Gasteiger partial charge in [-0.2, -0.15) is 0 Å². The van der Waals surface area contributed by atoms with Crippen LogP contribution in [0.1, 0.15) is 20.3 Å². The summed E-state index contributed by atoms with van der Waals surface area (Å²) >= 11 is 1.58. The van der Waals surface area contributed by atoms with Gasteiger partial charge in [-0.05, 0) is 18.6 Å². The van der Waals surface area contributed by atoms with E-state index >= 15 is 0 Å². The van der Waals surface area contributed by atoms with E-state index in [1.165, 1.54) is 0 Å². The lowest BCUT2D eigenvalue weighted by molar-refractivity contribution is -0.139. The highest BCUT2D eigenvalue weighted by Crippen LogP contribution is 2.15. The van der Waals surface area contributed by atoms with Crippen LogP contribution in [-0.4, -0.2) is 33.9 Å². The molecule has 1 atom stereocenters. The Balaban J connectivity index is 2.35. The minimum Gasteiger partial charge on any atom is -0.480 e. The summed E-state index contributed by atoms with van der Waals surface area (Å²) in [7, 11) is 0. The van der Waals surface area contributed by atoms with Gasteiger partial charge in [0.2, 0.25) is 0 Å². The molecule has 94 valence electrons. The van der Waals surface area contributed by atoms with Crippen molar-refractivity contribution in [2.75, 3.05) is 5.75 Å². The topological polar surface area (TPSA) is 62.2 Å². The van der Waals surface area contributed by atoms with Crippen LogP contribution in [0.2, 0.25) is 0 Å². The SMILES string of the molecule is CC(C)NC(CCSc1ccccn1)C(=O)O. The first kappa shape index (κ1) is 14.0. The Morgan fingerprint density at radius 1 is 1.53 bits per heavy atom. The van der Waals surface area contributed by atoms with Crippen molar-refractivity contribution in [3.63, 3.8) is 0 Å². The first-order valence-corrected chi connectivity index (χ1v) is 6.61. The number of carboxylic acid groups (broad SMARTS) is 1. The molecule has 17 heavy (non-hydrogen) atoms. The maximum Gasteiger partial charge on any atom is 0.320 e. The van der Waals surface area contributed by atoms with Crippen molar-refractivity contribution in [1.29, 1.82) is 0 Å². The molecule has 0 amide bonds. The number of hydrogen-bond acceptors (Lipinski definition) is 4. The number of pyridine rings is 1. The monoisotopic (exact) mass is 254 g/mol. The molecule has 0 bridgehead atoms. The fourth-order valence-corrected chi connectivity index (χ4v) is 2.27. The highest BCUT2D eigenvalue weighted by Gasteiger charge is 2.17. The number of aromatic nitrogens is 1. The Morgan fingerprint density at radius 3 is 2.82 bits per heavy atom. The normalized spacial score (nSPS) is 12.6. The van der Waals surface area contributed by atoms with Gasteiger partial charge in [0.15, 0.2) is 0 Å². The average Bonchev–Trinajstić information content (AvgIpc) is 2.28. The van der Waals surface area contributed by atoms with Gasteiger partial charge in [-0.1, -0.05) is 19.9 Å². The van der Waals surface area contributed by atoms with E-state index < -0.39 is 12.0 Å². The zero-order chi connectivity index (χ0) is 12.7. The molecule has 0 saturated carbocycles. The summed E-state index contributed by atoms with van der Waals surface area (Å²) in [6.07, 6.45) is 2.33. The second-order valence-electron chi connectivity index (χ2n) is 4.02. The van der Waals surface area contributed by atoms with E-state index in [2.05, 4.69) is 10.3 Å². The van der Waals surface area contributed by atoms with E-state index in [1.54, 1.807) is 18.0 Å². The molecule has 4 nitrogen and oxygen atoms in total. The van der Waals surface area contributed by atoms with E-state index in [4.69, 9.17) is 5.11 Å². The fourth-order valence-electron chi connectivity index (χ4n) is 1.39. The third-order valence-corrected chi connectivity index (χ3v) is 3.10. The quantitative estimate of drug-likeness (QED) is 0.729. The van der Waals surface area contributed by atoms with Gasteiger partial charge in [0.25, 0.3) is 0 Å². The van der Waals surface area contributed by atoms with Crippen LogP contribution in [0.15, 0.2) is 29.4 Å². The summed E-state index contributed by atoms with van der Waals surface area (Å²) in [5.41, 5.74) is 0. The maximum atomic E-state index is 11.0. The van der Waals surface area contributed by atoms with E-state index in [-0.39, 0.29) is 6.04 Å². The van der Waals surface area contributed by atoms with Crippen molar-refractivity contribution < 1.29 is 9.90 Å². The standard InChI is InChI=1S/C12H18N2O2S/c1-9(2)14-10(12(15)16)6-8-17-11-5-3-4-7-13-11/h3-5,7,9-10,14H,6,8H2,1-2H3,(H,15,16). The first-order chi connectivity index (χ1) is 8.09. The largest absolute Gasteiger partial charge is 0.480 e. The molecular formula is C12H18N2O2S. The molecule has 5 heteroatoms. The molecule has 1 aromatic heterocycles. The number of nitrogens with one attached hydrogen (secondary N) is 1. The number of carboxylic acids is 1. The highest BCUT2D eigenvalue weighted by molar-refractivity contribution is 7.99. The lowest BCUT2D eigenvalue weighted by Gasteiger charge is -2.16. The van der Waals surface area contributed by atoms with Crippen molar-refractivity contribution >= 4 is 17.7 Å². The van der Waals surface area contributed by atoms with Gasteiger partial charge in [0.05, 0.1) is 5.03 Å². The molecular weight excluding hydrogens is 236 g/mol. The zero-order valence-corrected chi connectivity index (χ0v) is 10.9. The van der Waals surface area contributed by atoms with Crippen molar-refractivity contribution in [3.8, 4) is 0 Å². The molecule has 2 N–H and O–H groups in total. The van der Waals surface area contributed by atoms with Gasteiger partial charge in [0.1, 0.15) is 6.04 Å². The fraction of sp³-hybridized carbons (Fsp3) is 0.500. The van der Waals surface area contributed by atoms with Gasteiger partial charge in [0, 0.05) is 18.0 Å². The molecule has 0 saturated heterocycles. The van der Waals surface area contributed by atoms with Crippen LogP contribution in [0, 0.1) is 0 Å². The van der Waals surface area contributed by atoms with Crippen LogP contribution in [-0.2, 0) is 4.79 Å². The van der Waals surface area contributed by atoms with Gasteiger partial charge in [-0.25, -0.2) is 4.98 Å². The summed E-state index contributed by atoms with van der Waals surface area (Å²) in [5, 5.41) is 13.0. The number of hydrogen-bond donors (Lipinski definition) is 2. The minimum atomic E-state index is -0.791. The van der Waals surface area contributed by atoms with Crippen LogP contribution in [0.5, 0.6) is 0 Å². The lowest BCUT2D eigenvalue weighted by Crippen LogP contribution is -2.41. The molecule has 0 aliphatic heterocycles. The highest BCUT2D eigenvalue weighted by atomic mass is 32.2. The van der Waals surface area contributed by atoms with Crippen LogP contribution >= 0.6 is 11.8 Å². The molecule has 0 aliphatic rings. The number of rotatable bonds is 7. The molecule has 0 fully saturated rings.